The molecule has 1 aromatic heterocycles. The zero-order valence-corrected chi connectivity index (χ0v) is 13.5. The monoisotopic (exact) mass is 314 g/mol. The zero-order chi connectivity index (χ0) is 14.3. The third-order valence-electron chi connectivity index (χ3n) is 4.70. The predicted octanol–water partition coefficient (Wildman–Crippen LogP) is 2.47. The highest BCUT2D eigenvalue weighted by molar-refractivity contribution is 7.89. The lowest BCUT2D eigenvalue weighted by Crippen LogP contribution is -2.39. The fraction of sp³-hybridized carbons (Fsp3) is 0.714. The van der Waals surface area contributed by atoms with Gasteiger partial charge >= 0.3 is 0 Å². The molecule has 0 bridgehead atoms. The Morgan fingerprint density at radius 2 is 2.10 bits per heavy atom. The number of hydrogen-bond acceptors (Lipinski definition) is 4. The van der Waals surface area contributed by atoms with Crippen molar-refractivity contribution in [2.75, 3.05) is 6.54 Å². The van der Waals surface area contributed by atoms with E-state index in [0.717, 1.165) is 29.7 Å². The van der Waals surface area contributed by atoms with E-state index in [1.165, 1.54) is 24.2 Å². The van der Waals surface area contributed by atoms with E-state index in [0.29, 0.717) is 23.9 Å². The number of nitrogens with zero attached hydrogens (tertiary/aromatic N) is 1. The third-order valence-corrected chi connectivity index (χ3v) is 8.11. The Morgan fingerprint density at radius 3 is 2.85 bits per heavy atom. The van der Waals surface area contributed by atoms with Crippen LogP contribution < -0.4 is 5.73 Å². The Balaban J connectivity index is 1.98. The molecule has 0 spiro atoms. The Hall–Kier alpha value is -0.430. The average Bonchev–Trinajstić information content (AvgIpc) is 3.02. The Labute approximate surface area is 125 Å². The van der Waals surface area contributed by atoms with Crippen LogP contribution in [-0.2, 0) is 16.6 Å². The molecule has 2 fully saturated rings. The lowest BCUT2D eigenvalue weighted by Gasteiger charge is -2.31. The first-order valence-corrected chi connectivity index (χ1v) is 9.66. The van der Waals surface area contributed by atoms with Gasteiger partial charge in [-0.05, 0) is 43.0 Å². The highest BCUT2D eigenvalue weighted by Gasteiger charge is 2.43. The van der Waals surface area contributed by atoms with E-state index >= 15 is 0 Å². The fourth-order valence-corrected chi connectivity index (χ4v) is 7.14. The van der Waals surface area contributed by atoms with Crippen molar-refractivity contribution in [2.45, 2.75) is 56.5 Å². The van der Waals surface area contributed by atoms with Crippen molar-refractivity contribution in [3.63, 3.8) is 0 Å². The van der Waals surface area contributed by atoms with Crippen LogP contribution in [0.15, 0.2) is 10.3 Å². The summed E-state index contributed by atoms with van der Waals surface area (Å²) in [6.45, 7) is 2.85. The molecule has 0 amide bonds. The predicted molar refractivity (Wildman–Crippen MR) is 81.2 cm³/mol. The summed E-state index contributed by atoms with van der Waals surface area (Å²) in [5.74, 6) is 0.568. The lowest BCUT2D eigenvalue weighted by atomic mass is 9.86. The minimum Gasteiger partial charge on any atom is -0.326 e. The molecule has 1 aliphatic carbocycles. The third kappa shape index (κ3) is 2.22. The summed E-state index contributed by atoms with van der Waals surface area (Å²) in [5, 5.41) is 1.91. The van der Waals surface area contributed by atoms with Gasteiger partial charge in [0, 0.05) is 24.0 Å². The van der Waals surface area contributed by atoms with Crippen molar-refractivity contribution in [2.24, 2.45) is 11.7 Å². The van der Waals surface area contributed by atoms with Gasteiger partial charge in [0.05, 0.1) is 0 Å². The van der Waals surface area contributed by atoms with Gasteiger partial charge in [-0.1, -0.05) is 12.8 Å². The molecule has 1 aromatic rings. The molecule has 1 saturated carbocycles. The van der Waals surface area contributed by atoms with Gasteiger partial charge in [0.2, 0.25) is 10.0 Å². The smallest absolute Gasteiger partial charge is 0.244 e. The van der Waals surface area contributed by atoms with Crippen LogP contribution in [0.25, 0.3) is 0 Å². The Morgan fingerprint density at radius 1 is 1.35 bits per heavy atom. The number of thiophene rings is 1. The second-order valence-corrected chi connectivity index (χ2v) is 8.68. The maximum absolute atomic E-state index is 13.0. The van der Waals surface area contributed by atoms with E-state index in [1.807, 2.05) is 12.3 Å². The molecular weight excluding hydrogens is 292 g/mol. The van der Waals surface area contributed by atoms with Gasteiger partial charge in [0.1, 0.15) is 4.90 Å². The Bertz CT molecular complexity index is 594. The highest BCUT2D eigenvalue weighted by atomic mass is 32.2. The van der Waals surface area contributed by atoms with Crippen molar-refractivity contribution in [3.8, 4) is 0 Å². The summed E-state index contributed by atoms with van der Waals surface area (Å²) < 4.78 is 27.8. The molecule has 3 rings (SSSR count). The summed E-state index contributed by atoms with van der Waals surface area (Å²) in [7, 11) is -3.38. The fourth-order valence-electron chi connectivity index (χ4n) is 3.75. The molecule has 0 radical (unpaired) electrons. The van der Waals surface area contributed by atoms with Gasteiger partial charge in [-0.2, -0.15) is 4.31 Å². The second kappa shape index (κ2) is 5.40. The molecule has 1 aliphatic heterocycles. The molecule has 2 heterocycles. The molecule has 4 nitrogen and oxygen atoms in total. The first kappa shape index (κ1) is 14.5. The van der Waals surface area contributed by atoms with Gasteiger partial charge in [0.15, 0.2) is 0 Å². The molecule has 1 saturated heterocycles. The lowest BCUT2D eigenvalue weighted by molar-refractivity contribution is 0.260. The molecule has 112 valence electrons. The quantitative estimate of drug-likeness (QED) is 0.932. The average molecular weight is 314 g/mol. The van der Waals surface area contributed by atoms with Crippen LogP contribution in [0.3, 0.4) is 0 Å². The molecule has 2 aliphatic rings. The van der Waals surface area contributed by atoms with Crippen LogP contribution >= 0.6 is 11.3 Å². The number of hydrogen-bond donors (Lipinski definition) is 1. The maximum Gasteiger partial charge on any atom is 0.244 e. The minimum atomic E-state index is -3.38. The van der Waals surface area contributed by atoms with Crippen LogP contribution in [0.1, 0.15) is 42.5 Å². The van der Waals surface area contributed by atoms with Crippen LogP contribution in [-0.4, -0.2) is 25.3 Å². The summed E-state index contributed by atoms with van der Waals surface area (Å²) >= 11 is 1.46. The molecule has 0 aromatic carbocycles. The maximum atomic E-state index is 13.0. The van der Waals surface area contributed by atoms with E-state index in [1.54, 1.807) is 4.31 Å². The number of nitrogens with two attached hydrogens (primary N) is 1. The Kier molecular flexibility index (Phi) is 3.92. The van der Waals surface area contributed by atoms with Gasteiger partial charge in [-0.15, -0.1) is 11.3 Å². The summed E-state index contributed by atoms with van der Waals surface area (Å²) in [6.07, 6.45) is 5.62. The van der Waals surface area contributed by atoms with Crippen molar-refractivity contribution in [1.29, 1.82) is 0 Å². The summed E-state index contributed by atoms with van der Waals surface area (Å²) in [4.78, 5) is 1.28. The van der Waals surface area contributed by atoms with Gasteiger partial charge < -0.3 is 5.73 Å². The minimum absolute atomic E-state index is 0.221. The van der Waals surface area contributed by atoms with Gasteiger partial charge in [-0.25, -0.2) is 8.42 Å². The largest absolute Gasteiger partial charge is 0.326 e. The van der Waals surface area contributed by atoms with Crippen LogP contribution in [0.5, 0.6) is 0 Å². The van der Waals surface area contributed by atoms with Gasteiger partial charge in [-0.3, -0.25) is 0 Å². The summed E-state index contributed by atoms with van der Waals surface area (Å²) in [5.41, 5.74) is 6.56. The van der Waals surface area contributed by atoms with E-state index in [2.05, 4.69) is 0 Å². The van der Waals surface area contributed by atoms with Crippen molar-refractivity contribution in [3.05, 3.63) is 15.8 Å². The molecule has 2 unspecified atom stereocenters. The number of fused-ring (bicyclic) bond motifs is 1. The normalized spacial score (nSPS) is 27.7. The van der Waals surface area contributed by atoms with E-state index in [9.17, 15) is 8.42 Å². The molecular formula is C14H22N2O2S2. The highest BCUT2D eigenvalue weighted by Crippen LogP contribution is 2.40. The first-order chi connectivity index (χ1) is 9.55. The molecule has 2 N–H and O–H groups in total. The van der Waals surface area contributed by atoms with Crippen molar-refractivity contribution >= 4 is 21.4 Å². The van der Waals surface area contributed by atoms with Crippen LogP contribution in [0.4, 0.5) is 0 Å². The number of sulfonamides is 1. The van der Waals surface area contributed by atoms with Crippen LogP contribution in [0.2, 0.25) is 0 Å². The number of aryl methyl sites for hydroxylation is 1. The summed E-state index contributed by atoms with van der Waals surface area (Å²) in [6, 6.07) is 0.221. The van der Waals surface area contributed by atoms with Crippen molar-refractivity contribution < 1.29 is 8.42 Å². The second-order valence-electron chi connectivity index (χ2n) is 5.89. The van der Waals surface area contributed by atoms with E-state index < -0.39 is 10.0 Å². The van der Waals surface area contributed by atoms with Crippen LogP contribution in [0, 0.1) is 12.8 Å². The molecule has 6 heteroatoms. The van der Waals surface area contributed by atoms with E-state index in [4.69, 9.17) is 5.73 Å². The zero-order valence-electron chi connectivity index (χ0n) is 11.8. The van der Waals surface area contributed by atoms with E-state index in [-0.39, 0.29) is 6.04 Å². The standard InChI is InChI=1S/C14H22N2O2S2/c1-10-9-19-13(8-15)14(10)20(17,18)16-7-6-11-4-2-3-5-12(11)16/h9,11-12H,2-8,15H2,1H3. The topological polar surface area (TPSA) is 63.4 Å². The SMILES string of the molecule is Cc1csc(CN)c1S(=O)(=O)N1CCC2CCCCC21. The van der Waals surface area contributed by atoms with Gasteiger partial charge in [0.25, 0.3) is 0 Å². The molecule has 2 atom stereocenters. The van der Waals surface area contributed by atoms with Crippen molar-refractivity contribution in [1.82, 2.24) is 4.31 Å². The number of rotatable bonds is 3. The first-order valence-electron chi connectivity index (χ1n) is 7.34. The molecule has 20 heavy (non-hydrogen) atoms.